The third-order valence-electron chi connectivity index (χ3n) is 3.74. The van der Waals surface area contributed by atoms with Gasteiger partial charge in [0.1, 0.15) is 0 Å². The zero-order chi connectivity index (χ0) is 13.3. The fraction of sp³-hybridized carbons (Fsp3) is 0.500. The van der Waals surface area contributed by atoms with Gasteiger partial charge >= 0.3 is 0 Å². The molecule has 2 unspecified atom stereocenters. The zero-order valence-corrected chi connectivity index (χ0v) is 11.1. The molecule has 2 rings (SSSR count). The minimum Gasteiger partial charge on any atom is -0.398 e. The molecule has 1 aromatic carbocycles. The number of carbonyl (C=O) groups is 1. The Kier molecular flexibility index (Phi) is 3.30. The molecule has 3 N–H and O–H groups in total. The fourth-order valence-electron chi connectivity index (χ4n) is 2.21. The van der Waals surface area contributed by atoms with Crippen LogP contribution in [-0.2, 0) is 4.74 Å². The van der Waals surface area contributed by atoms with Gasteiger partial charge in [-0.15, -0.1) is 0 Å². The van der Waals surface area contributed by atoms with Crippen LogP contribution in [0.3, 0.4) is 0 Å². The average molecular weight is 248 g/mol. The van der Waals surface area contributed by atoms with Crippen LogP contribution in [0.1, 0.15) is 36.2 Å². The van der Waals surface area contributed by atoms with E-state index in [1.54, 1.807) is 6.07 Å². The van der Waals surface area contributed by atoms with Crippen molar-refractivity contribution in [2.75, 3.05) is 12.3 Å². The largest absolute Gasteiger partial charge is 0.398 e. The molecule has 4 nitrogen and oxygen atoms in total. The summed E-state index contributed by atoms with van der Waals surface area (Å²) in [5.41, 5.74) is 7.67. The maximum atomic E-state index is 12.2. The van der Waals surface area contributed by atoms with Gasteiger partial charge in [0.2, 0.25) is 0 Å². The topological polar surface area (TPSA) is 64.3 Å². The molecule has 1 heterocycles. The van der Waals surface area contributed by atoms with Gasteiger partial charge in [0.15, 0.2) is 0 Å². The van der Waals surface area contributed by atoms with Crippen molar-refractivity contribution >= 4 is 11.6 Å². The number of carbonyl (C=O) groups excluding carboxylic acids is 1. The lowest BCUT2D eigenvalue weighted by molar-refractivity contribution is 0.0728. The van der Waals surface area contributed by atoms with Crippen molar-refractivity contribution in [3.63, 3.8) is 0 Å². The van der Waals surface area contributed by atoms with E-state index in [-0.39, 0.29) is 17.6 Å². The number of amides is 1. The third kappa shape index (κ3) is 2.34. The predicted molar refractivity (Wildman–Crippen MR) is 71.5 cm³/mol. The fourth-order valence-corrected chi connectivity index (χ4v) is 2.21. The van der Waals surface area contributed by atoms with E-state index in [0.29, 0.717) is 17.9 Å². The quantitative estimate of drug-likeness (QED) is 0.785. The predicted octanol–water partition coefficient (Wildman–Crippen LogP) is 1.87. The van der Waals surface area contributed by atoms with Crippen LogP contribution in [0.2, 0.25) is 0 Å². The van der Waals surface area contributed by atoms with E-state index in [1.165, 1.54) is 0 Å². The molecule has 18 heavy (non-hydrogen) atoms. The second-order valence-electron chi connectivity index (χ2n) is 5.23. The van der Waals surface area contributed by atoms with Gasteiger partial charge in [-0.25, -0.2) is 0 Å². The molecule has 0 aromatic heterocycles. The maximum Gasteiger partial charge on any atom is 0.253 e. The van der Waals surface area contributed by atoms with E-state index >= 15 is 0 Å². The van der Waals surface area contributed by atoms with Crippen molar-refractivity contribution in [3.8, 4) is 0 Å². The number of benzene rings is 1. The molecular formula is C14H20N2O2. The van der Waals surface area contributed by atoms with Crippen LogP contribution in [-0.4, -0.2) is 24.2 Å². The van der Waals surface area contributed by atoms with E-state index in [1.807, 2.05) is 32.9 Å². The summed E-state index contributed by atoms with van der Waals surface area (Å²) in [4.78, 5) is 12.2. The van der Waals surface area contributed by atoms with Gasteiger partial charge in [-0.3, -0.25) is 4.79 Å². The molecule has 1 saturated heterocycles. The maximum absolute atomic E-state index is 12.2. The highest BCUT2D eigenvalue weighted by molar-refractivity contribution is 5.99. The first-order valence-electron chi connectivity index (χ1n) is 6.22. The van der Waals surface area contributed by atoms with E-state index < -0.39 is 0 Å². The van der Waals surface area contributed by atoms with Gasteiger partial charge in [0.25, 0.3) is 5.91 Å². The summed E-state index contributed by atoms with van der Waals surface area (Å²) in [7, 11) is 0. The molecular weight excluding hydrogens is 228 g/mol. The summed E-state index contributed by atoms with van der Waals surface area (Å²) in [5, 5.41) is 3.04. The van der Waals surface area contributed by atoms with Crippen molar-refractivity contribution in [3.05, 3.63) is 29.3 Å². The Hall–Kier alpha value is -1.55. The lowest BCUT2D eigenvalue weighted by atomic mass is 9.94. The summed E-state index contributed by atoms with van der Waals surface area (Å²) in [6.45, 7) is 6.62. The summed E-state index contributed by atoms with van der Waals surface area (Å²) in [6.07, 6.45) is 0.846. The van der Waals surface area contributed by atoms with Crippen molar-refractivity contribution in [1.29, 1.82) is 0 Å². The highest BCUT2D eigenvalue weighted by atomic mass is 16.5. The van der Waals surface area contributed by atoms with E-state index in [2.05, 4.69) is 5.32 Å². The monoisotopic (exact) mass is 248 g/mol. The lowest BCUT2D eigenvalue weighted by Crippen LogP contribution is -2.50. The number of rotatable bonds is 2. The van der Waals surface area contributed by atoms with Crippen LogP contribution in [0, 0.1) is 6.92 Å². The Morgan fingerprint density at radius 3 is 2.83 bits per heavy atom. The van der Waals surface area contributed by atoms with Gasteiger partial charge in [-0.05, 0) is 44.9 Å². The Morgan fingerprint density at radius 1 is 1.56 bits per heavy atom. The minimum absolute atomic E-state index is 0.0214. The average Bonchev–Trinajstić information content (AvgIpc) is 2.58. The number of nitrogens with one attached hydrogen (secondary N) is 1. The Bertz CT molecular complexity index is 473. The summed E-state index contributed by atoms with van der Waals surface area (Å²) in [5.74, 6) is -0.132. The molecule has 1 fully saturated rings. The molecule has 0 spiro atoms. The summed E-state index contributed by atoms with van der Waals surface area (Å²) >= 11 is 0. The second-order valence-corrected chi connectivity index (χ2v) is 5.23. The van der Waals surface area contributed by atoms with E-state index in [4.69, 9.17) is 10.5 Å². The van der Waals surface area contributed by atoms with Crippen LogP contribution in [0.25, 0.3) is 0 Å². The van der Waals surface area contributed by atoms with Crippen molar-refractivity contribution in [1.82, 2.24) is 5.32 Å². The highest BCUT2D eigenvalue weighted by Crippen LogP contribution is 2.26. The Labute approximate surface area is 108 Å². The Balaban J connectivity index is 2.17. The second kappa shape index (κ2) is 4.61. The number of nitrogens with two attached hydrogens (primary N) is 1. The van der Waals surface area contributed by atoms with E-state index in [9.17, 15) is 4.79 Å². The molecule has 1 aliphatic rings. The van der Waals surface area contributed by atoms with Crippen molar-refractivity contribution in [2.45, 2.75) is 38.8 Å². The first kappa shape index (κ1) is 12.9. The molecule has 1 aliphatic heterocycles. The molecule has 0 bridgehead atoms. The van der Waals surface area contributed by atoms with Crippen LogP contribution < -0.4 is 11.1 Å². The molecule has 98 valence electrons. The smallest absolute Gasteiger partial charge is 0.253 e. The summed E-state index contributed by atoms with van der Waals surface area (Å²) < 4.78 is 5.51. The van der Waals surface area contributed by atoms with Crippen LogP contribution in [0.5, 0.6) is 0 Å². The number of nitrogen functional groups attached to an aromatic ring is 1. The van der Waals surface area contributed by atoms with Gasteiger partial charge in [-0.1, -0.05) is 6.07 Å². The van der Waals surface area contributed by atoms with Crippen molar-refractivity contribution in [2.24, 2.45) is 0 Å². The third-order valence-corrected chi connectivity index (χ3v) is 3.74. The number of hydrogen-bond acceptors (Lipinski definition) is 3. The van der Waals surface area contributed by atoms with Gasteiger partial charge in [-0.2, -0.15) is 0 Å². The standard InChI is InChI=1S/C14H20N2O2/c1-9-4-5-11(12(15)8-9)13(17)16-14(3)6-7-18-10(14)2/h4-5,8,10H,6-7,15H2,1-3H3,(H,16,17). The van der Waals surface area contributed by atoms with Gasteiger partial charge in [0, 0.05) is 12.3 Å². The molecule has 0 radical (unpaired) electrons. The molecule has 1 aromatic rings. The summed E-state index contributed by atoms with van der Waals surface area (Å²) in [6, 6.07) is 5.47. The van der Waals surface area contributed by atoms with Crippen LogP contribution >= 0.6 is 0 Å². The molecule has 2 atom stereocenters. The lowest BCUT2D eigenvalue weighted by Gasteiger charge is -2.29. The van der Waals surface area contributed by atoms with Gasteiger partial charge in [0.05, 0.1) is 17.2 Å². The minimum atomic E-state index is -0.311. The van der Waals surface area contributed by atoms with E-state index in [0.717, 1.165) is 12.0 Å². The number of aryl methyl sites for hydroxylation is 1. The molecule has 1 amide bonds. The normalized spacial score (nSPS) is 27.2. The van der Waals surface area contributed by atoms with Crippen LogP contribution in [0.4, 0.5) is 5.69 Å². The molecule has 4 heteroatoms. The van der Waals surface area contributed by atoms with Gasteiger partial charge < -0.3 is 15.8 Å². The SMILES string of the molecule is Cc1ccc(C(=O)NC2(C)CCOC2C)c(N)c1. The highest BCUT2D eigenvalue weighted by Gasteiger charge is 2.38. The molecule has 0 saturated carbocycles. The van der Waals surface area contributed by atoms with Crippen LogP contribution in [0.15, 0.2) is 18.2 Å². The number of hydrogen-bond donors (Lipinski definition) is 2. The first-order valence-corrected chi connectivity index (χ1v) is 6.22. The first-order chi connectivity index (χ1) is 8.42. The molecule has 0 aliphatic carbocycles. The van der Waals surface area contributed by atoms with Crippen molar-refractivity contribution < 1.29 is 9.53 Å². The number of ether oxygens (including phenoxy) is 1. The number of anilines is 1. The Morgan fingerprint density at radius 2 is 2.28 bits per heavy atom. The zero-order valence-electron chi connectivity index (χ0n) is 11.1.